The average molecular weight is 947 g/mol. The fraction of sp³-hybridized carbons (Fsp3) is 0.526. The van der Waals surface area contributed by atoms with Gasteiger partial charge in [-0.15, -0.1) is 0 Å². The van der Waals surface area contributed by atoms with E-state index in [4.69, 9.17) is 47.4 Å². The van der Waals surface area contributed by atoms with Gasteiger partial charge in [-0.3, -0.25) is 47.9 Å². The lowest BCUT2D eigenvalue weighted by molar-refractivity contribution is -0.237. The Morgan fingerprint density at radius 2 is 0.750 bits per heavy atom. The molecule has 1 aromatic carbocycles. The lowest BCUT2D eigenvalue weighted by atomic mass is 9.91. The van der Waals surface area contributed by atoms with Crippen molar-refractivity contribution in [1.29, 1.82) is 0 Å². The van der Waals surface area contributed by atoms with E-state index in [1.807, 2.05) is 0 Å². The van der Waals surface area contributed by atoms with E-state index in [9.17, 15) is 68.4 Å². The van der Waals surface area contributed by atoms with Gasteiger partial charge in [0.1, 0.15) is 47.8 Å². The number of ether oxygens (including phenoxy) is 10. The Hall–Kier alpha value is -6.12. The van der Waals surface area contributed by atoms with Crippen molar-refractivity contribution in [2.75, 3.05) is 13.2 Å². The van der Waals surface area contributed by atoms with Crippen molar-refractivity contribution >= 4 is 88.6 Å². The highest BCUT2D eigenvalue weighted by atomic mass is 32.2. The number of Topliss-reactive ketones (excluding diaryl/α,β-unsaturated/α-hetero) is 2. The molecule has 1 aliphatic carbocycles. The maximum Gasteiger partial charge on any atom is 0.303 e. The van der Waals surface area contributed by atoms with Crippen LogP contribution in [0, 0.1) is 0 Å². The summed E-state index contributed by atoms with van der Waals surface area (Å²) in [5, 5.41) is 45.3. The van der Waals surface area contributed by atoms with E-state index in [0.29, 0.717) is 0 Å². The van der Waals surface area contributed by atoms with E-state index in [2.05, 4.69) is 0 Å². The number of esters is 8. The summed E-state index contributed by atoms with van der Waals surface area (Å²) in [6.07, 6.45) is -13.7. The summed E-state index contributed by atoms with van der Waals surface area (Å²) in [4.78, 5) is 124. The molecule has 0 bridgehead atoms. The number of phenols is 2. The van der Waals surface area contributed by atoms with Gasteiger partial charge >= 0.3 is 47.8 Å². The van der Waals surface area contributed by atoms with Crippen LogP contribution in [-0.2, 0) is 90.5 Å². The minimum atomic E-state index is -1.85. The molecule has 350 valence electrons. The fourth-order valence-corrected chi connectivity index (χ4v) is 9.27. The van der Waals surface area contributed by atoms with Crippen LogP contribution in [-0.4, -0.2) is 153 Å². The van der Waals surface area contributed by atoms with Crippen LogP contribution in [0.1, 0.15) is 71.3 Å². The Kier molecular flexibility index (Phi) is 16.6. The molecule has 3 aliphatic rings. The number of carbonyl (C=O) groups is 10. The molecule has 2 saturated heterocycles. The van der Waals surface area contributed by atoms with E-state index in [0.717, 1.165) is 55.4 Å². The third kappa shape index (κ3) is 11.7. The lowest BCUT2D eigenvalue weighted by Crippen LogP contribution is -2.61. The first-order valence-electron chi connectivity index (χ1n) is 18.6. The maximum absolute atomic E-state index is 13.4. The topological polar surface area (TPSA) is 344 Å². The summed E-state index contributed by atoms with van der Waals surface area (Å²) in [6.45, 7) is 6.32. The van der Waals surface area contributed by atoms with Crippen LogP contribution >= 0.6 is 23.5 Å². The highest BCUT2D eigenvalue weighted by Crippen LogP contribution is 2.55. The first-order chi connectivity index (χ1) is 29.8. The number of phenolic OH excluding ortho intramolecular Hbond substituents is 2. The number of rotatable bonds is 14. The summed E-state index contributed by atoms with van der Waals surface area (Å²) in [7, 11) is 0. The molecule has 2 aliphatic heterocycles. The summed E-state index contributed by atoms with van der Waals surface area (Å²) in [5.41, 5.74) is -5.72. The van der Waals surface area contributed by atoms with E-state index >= 15 is 0 Å². The zero-order chi connectivity index (χ0) is 48.1. The Morgan fingerprint density at radius 1 is 0.438 bits per heavy atom. The molecule has 0 saturated carbocycles. The number of benzene rings is 1. The van der Waals surface area contributed by atoms with Gasteiger partial charge in [0.15, 0.2) is 42.4 Å². The molecule has 4 N–H and O–H groups in total. The smallest absolute Gasteiger partial charge is 0.303 e. The fourth-order valence-electron chi connectivity index (χ4n) is 6.60. The van der Waals surface area contributed by atoms with Crippen molar-refractivity contribution in [3.05, 3.63) is 16.9 Å². The molecule has 0 aromatic heterocycles. The zero-order valence-corrected chi connectivity index (χ0v) is 36.6. The van der Waals surface area contributed by atoms with Crippen molar-refractivity contribution < 1.29 is 116 Å². The van der Waals surface area contributed by atoms with E-state index < -0.39 is 176 Å². The minimum absolute atomic E-state index is 0.275. The molecule has 26 heteroatoms. The van der Waals surface area contributed by atoms with Crippen molar-refractivity contribution in [2.45, 2.75) is 125 Å². The summed E-state index contributed by atoms with van der Waals surface area (Å²) in [5.74, 6) is -16.5. The maximum atomic E-state index is 13.4. The third-order valence-corrected chi connectivity index (χ3v) is 11.5. The van der Waals surface area contributed by atoms with Gasteiger partial charge in [0.05, 0.1) is 20.9 Å². The number of fused-ring (bicyclic) bond motifs is 1. The number of carbonyl (C=O) groups excluding carboxylic acids is 10. The molecule has 6 unspecified atom stereocenters. The molecule has 0 radical (unpaired) electrons. The van der Waals surface area contributed by atoms with Gasteiger partial charge in [-0.2, -0.15) is 0 Å². The number of allylic oxidation sites excluding steroid dienone is 1. The van der Waals surface area contributed by atoms with Crippen molar-refractivity contribution in [2.24, 2.45) is 0 Å². The van der Waals surface area contributed by atoms with Crippen LogP contribution in [0.25, 0.3) is 5.76 Å². The van der Waals surface area contributed by atoms with Crippen LogP contribution < -0.4 is 0 Å². The number of ketones is 2. The predicted molar refractivity (Wildman–Crippen MR) is 207 cm³/mol. The van der Waals surface area contributed by atoms with Crippen molar-refractivity contribution in [3.63, 3.8) is 0 Å². The van der Waals surface area contributed by atoms with E-state index in [1.54, 1.807) is 0 Å². The molecular weight excluding hydrogens is 905 g/mol. The number of aliphatic hydroxyl groups excluding tert-OH is 2. The molecule has 64 heavy (non-hydrogen) atoms. The Labute approximate surface area is 370 Å². The highest BCUT2D eigenvalue weighted by molar-refractivity contribution is 8.03. The number of thioether (sulfide) groups is 2. The molecule has 10 atom stereocenters. The number of aromatic hydroxyl groups is 2. The number of aliphatic hydroxyl groups is 2. The summed E-state index contributed by atoms with van der Waals surface area (Å²) >= 11 is 0.563. The third-order valence-electron chi connectivity index (χ3n) is 8.83. The van der Waals surface area contributed by atoms with Crippen LogP contribution in [0.2, 0.25) is 0 Å². The standard InChI is InChI=1S/C38H42O24S2/c1-11(39)53-9-19-29(55-13(3)41)31(57-15(5)43)33(59-17(7)45)37(61-19)63-35-25(49)21-22(24(48)28(52)27(51)23(21)47)26(50)36(35)64-38-34(60-18(8)46)32(58-16(6)44)30(56-14(4)42)20(62-38)10-54-12(2)40/h19-20,29-34,37-38,47,49-51H,9-10H2,1-8H3/t19?,20?,29-,30-,31?,32?,33?,34?,37-,38-/m1/s1. The normalized spacial score (nSPS) is 26.4. The number of hydrogen-bond donors (Lipinski definition) is 4. The highest BCUT2D eigenvalue weighted by Gasteiger charge is 2.55. The van der Waals surface area contributed by atoms with Crippen LogP contribution in [0.5, 0.6) is 11.5 Å². The molecular formula is C38H42O24S2. The second-order valence-corrected chi connectivity index (χ2v) is 16.0. The molecule has 2 fully saturated rings. The second-order valence-electron chi connectivity index (χ2n) is 13.8. The molecule has 24 nitrogen and oxygen atoms in total. The summed E-state index contributed by atoms with van der Waals surface area (Å²) < 4.78 is 55.2. The first-order valence-corrected chi connectivity index (χ1v) is 20.4. The largest absolute Gasteiger partial charge is 0.506 e. The Bertz CT molecular complexity index is 2150. The molecule has 1 aromatic rings. The summed E-state index contributed by atoms with van der Waals surface area (Å²) in [6, 6.07) is 0. The quantitative estimate of drug-likeness (QED) is 0.0874. The van der Waals surface area contributed by atoms with Crippen molar-refractivity contribution in [3.8, 4) is 11.5 Å². The molecule has 0 spiro atoms. The van der Waals surface area contributed by atoms with Crippen LogP contribution in [0.15, 0.2) is 15.6 Å². The monoisotopic (exact) mass is 946 g/mol. The Balaban J connectivity index is 2.05. The molecule has 4 rings (SSSR count). The SMILES string of the molecule is CC(=O)OCC1O[C@H](Sc2c(O)c3c(c(O)c2S[C@H]2OC(COC(C)=O)[C@@H](OC(C)=O)C(OC(C)=O)C2OC(C)=O)C(O)=C(O)C(=O)C3=O)C(OC(C)=O)C(OC(C)=O)[C@@H]1OC(C)=O. The van der Waals surface area contributed by atoms with Gasteiger partial charge in [0, 0.05) is 55.4 Å². The van der Waals surface area contributed by atoms with Gasteiger partial charge in [0.25, 0.3) is 5.78 Å². The minimum Gasteiger partial charge on any atom is -0.506 e. The lowest BCUT2D eigenvalue weighted by Gasteiger charge is -2.45. The van der Waals surface area contributed by atoms with Gasteiger partial charge < -0.3 is 67.8 Å². The van der Waals surface area contributed by atoms with E-state index in [-0.39, 0.29) is 23.5 Å². The second kappa shape index (κ2) is 21.0. The van der Waals surface area contributed by atoms with Gasteiger partial charge in [0.2, 0.25) is 11.5 Å². The van der Waals surface area contributed by atoms with Gasteiger partial charge in [-0.25, -0.2) is 0 Å². The molecule has 0 amide bonds. The zero-order valence-electron chi connectivity index (χ0n) is 35.0. The predicted octanol–water partition coefficient (Wildman–Crippen LogP) is 0.998. The average Bonchev–Trinajstić information content (AvgIpc) is 3.17. The van der Waals surface area contributed by atoms with Crippen molar-refractivity contribution in [1.82, 2.24) is 0 Å². The van der Waals surface area contributed by atoms with Gasteiger partial charge in [-0.1, -0.05) is 23.5 Å². The number of hydrogen-bond acceptors (Lipinski definition) is 26. The van der Waals surface area contributed by atoms with E-state index in [1.165, 1.54) is 0 Å². The van der Waals surface area contributed by atoms with Gasteiger partial charge in [-0.05, 0) is 0 Å². The first kappa shape index (κ1) is 50.5. The van der Waals surface area contributed by atoms with Crippen LogP contribution in [0.4, 0.5) is 0 Å². The van der Waals surface area contributed by atoms with Crippen LogP contribution in [0.3, 0.4) is 0 Å². The Morgan fingerprint density at radius 3 is 1.08 bits per heavy atom. The molecule has 2 heterocycles.